The summed E-state index contributed by atoms with van der Waals surface area (Å²) in [6, 6.07) is 14.0. The van der Waals surface area contributed by atoms with Gasteiger partial charge >= 0.3 is 0 Å². The van der Waals surface area contributed by atoms with Crippen molar-refractivity contribution in [2.75, 3.05) is 31.2 Å². The summed E-state index contributed by atoms with van der Waals surface area (Å²) in [5.74, 6) is -0.460. The van der Waals surface area contributed by atoms with Crippen LogP contribution >= 0.6 is 0 Å². The molecule has 1 amide bonds. The molecule has 2 N–H and O–H groups in total. The normalized spacial score (nSPS) is 14.8. The Morgan fingerprint density at radius 2 is 1.88 bits per heavy atom. The molecular formula is C19H20N4O2. The van der Waals surface area contributed by atoms with Gasteiger partial charge in [0.05, 0.1) is 18.9 Å². The van der Waals surface area contributed by atoms with Gasteiger partial charge in [0.15, 0.2) is 0 Å². The van der Waals surface area contributed by atoms with E-state index in [2.05, 4.69) is 34.1 Å². The van der Waals surface area contributed by atoms with Crippen LogP contribution in [0.25, 0.3) is 5.65 Å². The van der Waals surface area contributed by atoms with Crippen molar-refractivity contribution in [2.45, 2.75) is 6.42 Å². The average molecular weight is 336 g/mol. The van der Waals surface area contributed by atoms with Crippen molar-refractivity contribution in [3.8, 4) is 0 Å². The molecule has 3 aromatic rings. The second kappa shape index (κ2) is 6.57. The largest absolute Gasteiger partial charge is 0.378 e. The van der Waals surface area contributed by atoms with Crippen LogP contribution in [0.5, 0.6) is 0 Å². The van der Waals surface area contributed by atoms with Crippen LogP contribution in [-0.4, -0.2) is 41.6 Å². The first-order valence-corrected chi connectivity index (χ1v) is 8.40. The van der Waals surface area contributed by atoms with Crippen molar-refractivity contribution >= 4 is 17.2 Å². The van der Waals surface area contributed by atoms with Gasteiger partial charge in [-0.3, -0.25) is 9.20 Å². The summed E-state index contributed by atoms with van der Waals surface area (Å²) in [6.07, 6.45) is 2.39. The Labute approximate surface area is 145 Å². The van der Waals surface area contributed by atoms with E-state index in [1.54, 1.807) is 4.40 Å². The van der Waals surface area contributed by atoms with E-state index >= 15 is 0 Å². The summed E-state index contributed by atoms with van der Waals surface area (Å²) >= 11 is 0. The third kappa shape index (κ3) is 3.08. The highest BCUT2D eigenvalue weighted by Gasteiger charge is 2.17. The number of rotatable bonds is 4. The maximum atomic E-state index is 11.9. The van der Waals surface area contributed by atoms with Gasteiger partial charge in [0.25, 0.3) is 5.91 Å². The number of benzene rings is 1. The van der Waals surface area contributed by atoms with E-state index in [-0.39, 0.29) is 0 Å². The quantitative estimate of drug-likeness (QED) is 0.789. The van der Waals surface area contributed by atoms with Gasteiger partial charge in [0, 0.05) is 31.4 Å². The Morgan fingerprint density at radius 3 is 2.60 bits per heavy atom. The molecule has 0 unspecified atom stereocenters. The fraction of sp³-hybridized carbons (Fsp3) is 0.263. The Morgan fingerprint density at radius 1 is 1.12 bits per heavy atom. The van der Waals surface area contributed by atoms with Gasteiger partial charge in [-0.25, -0.2) is 4.98 Å². The number of carbonyl (C=O) groups is 1. The highest BCUT2D eigenvalue weighted by Crippen LogP contribution is 2.20. The minimum Gasteiger partial charge on any atom is -0.378 e. The summed E-state index contributed by atoms with van der Waals surface area (Å²) in [5, 5.41) is 0. The van der Waals surface area contributed by atoms with E-state index in [0.717, 1.165) is 37.5 Å². The van der Waals surface area contributed by atoms with Gasteiger partial charge in [-0.1, -0.05) is 18.2 Å². The standard InChI is InChI=1S/C19H20N4O2/c20-19(24)18-16(21-17-3-1-2-8-23(17)18)13-14-4-6-15(7-5-14)22-9-11-25-12-10-22/h1-8H,9-13H2,(H2,20,24). The van der Waals surface area contributed by atoms with Crippen LogP contribution in [0.2, 0.25) is 0 Å². The highest BCUT2D eigenvalue weighted by atomic mass is 16.5. The van der Waals surface area contributed by atoms with Crippen LogP contribution < -0.4 is 10.6 Å². The smallest absolute Gasteiger partial charge is 0.267 e. The molecule has 2 aromatic heterocycles. The average Bonchev–Trinajstić information content (AvgIpc) is 3.01. The first-order chi connectivity index (χ1) is 12.2. The van der Waals surface area contributed by atoms with E-state index in [9.17, 15) is 4.79 Å². The molecule has 3 heterocycles. The number of ether oxygens (including phenoxy) is 1. The molecule has 1 fully saturated rings. The van der Waals surface area contributed by atoms with Crippen LogP contribution in [-0.2, 0) is 11.2 Å². The molecule has 4 rings (SSSR count). The Balaban J connectivity index is 1.60. The van der Waals surface area contributed by atoms with E-state index in [4.69, 9.17) is 10.5 Å². The van der Waals surface area contributed by atoms with E-state index < -0.39 is 5.91 Å². The number of carbonyl (C=O) groups excluding carboxylic acids is 1. The van der Waals surface area contributed by atoms with Gasteiger partial charge < -0.3 is 15.4 Å². The number of pyridine rings is 1. The van der Waals surface area contributed by atoms with Crippen LogP contribution in [0.4, 0.5) is 5.69 Å². The molecule has 0 radical (unpaired) electrons. The number of amides is 1. The van der Waals surface area contributed by atoms with E-state index in [1.807, 2.05) is 24.4 Å². The molecule has 1 saturated heterocycles. The van der Waals surface area contributed by atoms with Crippen LogP contribution in [0.3, 0.4) is 0 Å². The molecule has 25 heavy (non-hydrogen) atoms. The summed E-state index contributed by atoms with van der Waals surface area (Å²) < 4.78 is 7.14. The first-order valence-electron chi connectivity index (χ1n) is 8.40. The molecule has 6 nitrogen and oxygen atoms in total. The number of hydrogen-bond acceptors (Lipinski definition) is 4. The zero-order valence-corrected chi connectivity index (χ0v) is 13.9. The van der Waals surface area contributed by atoms with Crippen molar-refractivity contribution in [2.24, 2.45) is 5.73 Å². The molecular weight excluding hydrogens is 316 g/mol. The lowest BCUT2D eigenvalue weighted by atomic mass is 10.1. The molecule has 0 atom stereocenters. The van der Waals surface area contributed by atoms with Crippen molar-refractivity contribution in [1.82, 2.24) is 9.38 Å². The lowest BCUT2D eigenvalue weighted by molar-refractivity contribution is 0.0994. The molecule has 1 aliphatic heterocycles. The molecule has 0 saturated carbocycles. The second-order valence-electron chi connectivity index (χ2n) is 6.14. The van der Waals surface area contributed by atoms with Gasteiger partial charge in [-0.15, -0.1) is 0 Å². The molecule has 1 aliphatic rings. The SMILES string of the molecule is NC(=O)c1c(Cc2ccc(N3CCOCC3)cc2)nc2ccccn12. The fourth-order valence-electron chi connectivity index (χ4n) is 3.27. The van der Waals surface area contributed by atoms with Crippen LogP contribution in [0.15, 0.2) is 48.7 Å². The monoisotopic (exact) mass is 336 g/mol. The highest BCUT2D eigenvalue weighted by molar-refractivity contribution is 5.93. The predicted octanol–water partition coefficient (Wildman–Crippen LogP) is 1.86. The number of primary amides is 1. The number of hydrogen-bond donors (Lipinski definition) is 1. The number of nitrogens with two attached hydrogens (primary N) is 1. The Kier molecular flexibility index (Phi) is 4.11. The number of nitrogens with zero attached hydrogens (tertiary/aromatic N) is 3. The van der Waals surface area contributed by atoms with Gasteiger partial charge in [0.1, 0.15) is 11.3 Å². The molecule has 6 heteroatoms. The first kappa shape index (κ1) is 15.7. The third-order valence-corrected chi connectivity index (χ3v) is 4.52. The summed E-state index contributed by atoms with van der Waals surface area (Å²) in [6.45, 7) is 3.37. The van der Waals surface area contributed by atoms with E-state index in [1.165, 1.54) is 5.69 Å². The fourth-order valence-corrected chi connectivity index (χ4v) is 3.27. The molecule has 0 spiro atoms. The number of morpholine rings is 1. The van der Waals surface area contributed by atoms with Crippen molar-refractivity contribution in [3.63, 3.8) is 0 Å². The summed E-state index contributed by atoms with van der Waals surface area (Å²) in [7, 11) is 0. The van der Waals surface area contributed by atoms with Gasteiger partial charge in [-0.05, 0) is 29.8 Å². The lowest BCUT2D eigenvalue weighted by Crippen LogP contribution is -2.36. The van der Waals surface area contributed by atoms with Crippen molar-refractivity contribution < 1.29 is 9.53 Å². The Bertz CT molecular complexity index is 895. The predicted molar refractivity (Wildman–Crippen MR) is 96.0 cm³/mol. The maximum Gasteiger partial charge on any atom is 0.267 e. The number of anilines is 1. The third-order valence-electron chi connectivity index (χ3n) is 4.52. The minimum absolute atomic E-state index is 0.452. The van der Waals surface area contributed by atoms with Crippen LogP contribution in [0, 0.1) is 0 Å². The van der Waals surface area contributed by atoms with Crippen LogP contribution in [0.1, 0.15) is 21.7 Å². The molecule has 0 bridgehead atoms. The number of imidazole rings is 1. The van der Waals surface area contributed by atoms with Crippen molar-refractivity contribution in [3.05, 3.63) is 65.6 Å². The molecule has 128 valence electrons. The minimum atomic E-state index is -0.460. The van der Waals surface area contributed by atoms with E-state index in [0.29, 0.717) is 17.8 Å². The zero-order valence-electron chi connectivity index (χ0n) is 13.9. The second-order valence-corrected chi connectivity index (χ2v) is 6.14. The maximum absolute atomic E-state index is 11.9. The lowest BCUT2D eigenvalue weighted by Gasteiger charge is -2.28. The summed E-state index contributed by atoms with van der Waals surface area (Å²) in [5.41, 5.74) is 9.76. The Hall–Kier alpha value is -2.86. The zero-order chi connectivity index (χ0) is 17.2. The molecule has 0 aliphatic carbocycles. The number of aromatic nitrogens is 2. The molecule has 1 aromatic carbocycles. The van der Waals surface area contributed by atoms with Gasteiger partial charge in [-0.2, -0.15) is 0 Å². The topological polar surface area (TPSA) is 72.9 Å². The van der Waals surface area contributed by atoms with Crippen molar-refractivity contribution in [1.29, 1.82) is 0 Å². The van der Waals surface area contributed by atoms with Gasteiger partial charge in [0.2, 0.25) is 0 Å². The summed E-state index contributed by atoms with van der Waals surface area (Å²) in [4.78, 5) is 18.8. The number of fused-ring (bicyclic) bond motifs is 1.